The summed E-state index contributed by atoms with van der Waals surface area (Å²) >= 11 is 12.5. The first-order chi connectivity index (χ1) is 14.8. The molecule has 1 aliphatic heterocycles. The molecule has 2 aromatic rings. The van der Waals surface area contributed by atoms with Gasteiger partial charge in [-0.3, -0.25) is 14.4 Å². The van der Waals surface area contributed by atoms with Gasteiger partial charge in [-0.05, 0) is 42.2 Å². The van der Waals surface area contributed by atoms with Gasteiger partial charge in [0.25, 0.3) is 5.91 Å². The molecule has 4 rings (SSSR count). The molecule has 1 aliphatic carbocycles. The Balaban J connectivity index is 1.96. The van der Waals surface area contributed by atoms with Crippen LogP contribution in [-0.4, -0.2) is 39.0 Å². The summed E-state index contributed by atoms with van der Waals surface area (Å²) in [7, 11) is 0. The lowest BCUT2D eigenvalue weighted by Crippen LogP contribution is -2.54. The van der Waals surface area contributed by atoms with Crippen LogP contribution in [0.1, 0.15) is 59.1 Å². The summed E-state index contributed by atoms with van der Waals surface area (Å²) in [6.07, 6.45) is 2.43. The molecule has 0 spiro atoms. The second-order valence-corrected chi connectivity index (χ2v) is 8.87. The summed E-state index contributed by atoms with van der Waals surface area (Å²) in [4.78, 5) is 39.7. The van der Waals surface area contributed by atoms with Crippen LogP contribution in [-0.2, 0) is 9.59 Å². The number of aliphatic carboxylic acids is 2. The van der Waals surface area contributed by atoms with Gasteiger partial charge in [0, 0.05) is 21.7 Å². The number of hydrogen-bond donors (Lipinski definition) is 2. The average molecular weight is 462 g/mol. The Morgan fingerprint density at radius 2 is 1.65 bits per heavy atom. The van der Waals surface area contributed by atoms with E-state index in [1.807, 2.05) is 0 Å². The topological polar surface area (TPSA) is 94.9 Å². The molecule has 1 amide bonds. The molecule has 31 heavy (non-hydrogen) atoms. The molecule has 2 aliphatic rings. The minimum Gasteiger partial charge on any atom is -0.481 e. The standard InChI is InChI=1S/C23H21Cl2NO5/c24-12-9-10-15(17(25)11-12)20-19(23(30)31)13-5-1-2-6-14(13)21(27)26(20)18-8-4-3-7-16(18)22(28)29/h1-2,5-6,9-11,16,18-20H,3-4,7-8H2,(H,28,29)(H,30,31). The van der Waals surface area contributed by atoms with Crippen molar-refractivity contribution in [1.82, 2.24) is 4.90 Å². The minimum atomic E-state index is -1.11. The summed E-state index contributed by atoms with van der Waals surface area (Å²) in [5, 5.41) is 20.7. The van der Waals surface area contributed by atoms with E-state index in [-0.39, 0.29) is 16.5 Å². The number of carboxylic acids is 2. The van der Waals surface area contributed by atoms with Gasteiger partial charge < -0.3 is 15.1 Å². The van der Waals surface area contributed by atoms with Gasteiger partial charge in [-0.2, -0.15) is 0 Å². The van der Waals surface area contributed by atoms with Crippen molar-refractivity contribution in [3.8, 4) is 0 Å². The van der Waals surface area contributed by atoms with Gasteiger partial charge in [0.2, 0.25) is 0 Å². The van der Waals surface area contributed by atoms with Crippen LogP contribution in [0.3, 0.4) is 0 Å². The van der Waals surface area contributed by atoms with Crippen molar-refractivity contribution in [3.05, 3.63) is 69.2 Å². The average Bonchev–Trinajstić information content (AvgIpc) is 2.73. The smallest absolute Gasteiger partial charge is 0.313 e. The Morgan fingerprint density at radius 1 is 0.935 bits per heavy atom. The maximum atomic E-state index is 13.7. The van der Waals surface area contributed by atoms with Crippen LogP contribution in [0.4, 0.5) is 0 Å². The Labute approximate surface area is 189 Å². The maximum Gasteiger partial charge on any atom is 0.313 e. The molecule has 0 saturated heterocycles. The largest absolute Gasteiger partial charge is 0.481 e. The normalized spacial score (nSPS) is 25.7. The molecule has 2 aromatic carbocycles. The summed E-state index contributed by atoms with van der Waals surface area (Å²) in [5.74, 6) is -4.33. The molecule has 0 radical (unpaired) electrons. The van der Waals surface area contributed by atoms with Gasteiger partial charge >= 0.3 is 11.9 Å². The lowest BCUT2D eigenvalue weighted by Gasteiger charge is -2.47. The molecule has 1 heterocycles. The number of carbonyl (C=O) groups is 3. The molecule has 4 unspecified atom stereocenters. The van der Waals surface area contributed by atoms with E-state index in [1.54, 1.807) is 36.4 Å². The Hall–Kier alpha value is -2.57. The second-order valence-electron chi connectivity index (χ2n) is 8.02. The summed E-state index contributed by atoms with van der Waals surface area (Å²) in [6, 6.07) is 9.75. The lowest BCUT2D eigenvalue weighted by atomic mass is 9.75. The van der Waals surface area contributed by atoms with Crippen LogP contribution in [0.2, 0.25) is 10.0 Å². The van der Waals surface area contributed by atoms with Crippen LogP contribution in [0.25, 0.3) is 0 Å². The summed E-state index contributed by atoms with van der Waals surface area (Å²) in [6.45, 7) is 0. The third kappa shape index (κ3) is 3.79. The molecular formula is C23H21Cl2NO5. The van der Waals surface area contributed by atoms with Crippen molar-refractivity contribution in [2.24, 2.45) is 5.92 Å². The molecule has 6 nitrogen and oxygen atoms in total. The van der Waals surface area contributed by atoms with E-state index < -0.39 is 35.9 Å². The van der Waals surface area contributed by atoms with Gasteiger partial charge in [-0.25, -0.2) is 0 Å². The number of rotatable bonds is 4. The third-order valence-electron chi connectivity index (χ3n) is 6.33. The first kappa shape index (κ1) is 21.7. The monoisotopic (exact) mass is 461 g/mol. The molecule has 162 valence electrons. The van der Waals surface area contributed by atoms with Crippen molar-refractivity contribution in [3.63, 3.8) is 0 Å². The molecular weight excluding hydrogens is 441 g/mol. The van der Waals surface area contributed by atoms with Crippen molar-refractivity contribution >= 4 is 41.0 Å². The SMILES string of the molecule is O=C(O)C1CCCCC1N1C(=O)c2ccccc2C(C(=O)O)C1c1ccc(Cl)cc1Cl. The van der Waals surface area contributed by atoms with Crippen LogP contribution < -0.4 is 0 Å². The summed E-state index contributed by atoms with van der Waals surface area (Å²) in [5.41, 5.74) is 1.12. The Morgan fingerprint density at radius 3 is 2.32 bits per heavy atom. The zero-order chi connectivity index (χ0) is 22.3. The van der Waals surface area contributed by atoms with Crippen LogP contribution in [0.15, 0.2) is 42.5 Å². The number of fused-ring (bicyclic) bond motifs is 1. The van der Waals surface area contributed by atoms with E-state index >= 15 is 0 Å². The predicted octanol–water partition coefficient (Wildman–Crippen LogP) is 5.00. The van der Waals surface area contributed by atoms with E-state index in [0.29, 0.717) is 29.0 Å². The number of benzene rings is 2. The quantitative estimate of drug-likeness (QED) is 0.667. The molecule has 0 bridgehead atoms. The molecule has 1 fully saturated rings. The zero-order valence-electron chi connectivity index (χ0n) is 16.5. The van der Waals surface area contributed by atoms with E-state index in [2.05, 4.69) is 0 Å². The first-order valence-electron chi connectivity index (χ1n) is 10.1. The fourth-order valence-corrected chi connectivity index (χ4v) is 5.51. The molecule has 1 saturated carbocycles. The predicted molar refractivity (Wildman–Crippen MR) is 116 cm³/mol. The van der Waals surface area contributed by atoms with E-state index in [9.17, 15) is 24.6 Å². The van der Waals surface area contributed by atoms with Gasteiger partial charge in [0.15, 0.2) is 0 Å². The highest BCUT2D eigenvalue weighted by Crippen LogP contribution is 2.48. The second kappa shape index (κ2) is 8.52. The minimum absolute atomic E-state index is 0.239. The fraction of sp³-hybridized carbons (Fsp3) is 0.348. The highest BCUT2D eigenvalue weighted by Gasteiger charge is 2.50. The van der Waals surface area contributed by atoms with Crippen molar-refractivity contribution in [1.29, 1.82) is 0 Å². The molecule has 4 atom stereocenters. The van der Waals surface area contributed by atoms with Crippen LogP contribution in [0.5, 0.6) is 0 Å². The van der Waals surface area contributed by atoms with Gasteiger partial charge in [-0.1, -0.05) is 60.3 Å². The lowest BCUT2D eigenvalue weighted by molar-refractivity contribution is -0.146. The van der Waals surface area contributed by atoms with E-state index in [4.69, 9.17) is 23.2 Å². The van der Waals surface area contributed by atoms with Gasteiger partial charge in [0.1, 0.15) is 5.92 Å². The Bertz CT molecular complexity index is 1060. The number of carbonyl (C=O) groups excluding carboxylic acids is 1. The van der Waals surface area contributed by atoms with E-state index in [1.165, 1.54) is 11.0 Å². The molecule has 0 aromatic heterocycles. The number of carboxylic acid groups (broad SMARTS) is 2. The molecule has 8 heteroatoms. The highest BCUT2D eigenvalue weighted by atomic mass is 35.5. The zero-order valence-corrected chi connectivity index (χ0v) is 18.0. The molecule has 2 N–H and O–H groups in total. The van der Waals surface area contributed by atoms with E-state index in [0.717, 1.165) is 12.8 Å². The number of hydrogen-bond acceptors (Lipinski definition) is 3. The fourth-order valence-electron chi connectivity index (χ4n) is 4.99. The van der Waals surface area contributed by atoms with Crippen molar-refractivity contribution < 1.29 is 24.6 Å². The van der Waals surface area contributed by atoms with Crippen molar-refractivity contribution in [2.75, 3.05) is 0 Å². The van der Waals surface area contributed by atoms with Crippen LogP contribution in [0, 0.1) is 5.92 Å². The number of nitrogens with zero attached hydrogens (tertiary/aromatic N) is 1. The number of amides is 1. The van der Waals surface area contributed by atoms with Crippen molar-refractivity contribution in [2.45, 2.75) is 43.7 Å². The highest BCUT2D eigenvalue weighted by molar-refractivity contribution is 6.35. The maximum absolute atomic E-state index is 13.7. The van der Waals surface area contributed by atoms with Gasteiger partial charge in [0.05, 0.1) is 12.0 Å². The number of halogens is 2. The van der Waals surface area contributed by atoms with Gasteiger partial charge in [-0.15, -0.1) is 0 Å². The summed E-state index contributed by atoms with van der Waals surface area (Å²) < 4.78 is 0. The first-order valence-corrected chi connectivity index (χ1v) is 10.9. The third-order valence-corrected chi connectivity index (χ3v) is 6.89. The van der Waals surface area contributed by atoms with Crippen LogP contribution >= 0.6 is 23.2 Å². The Kier molecular flexibility index (Phi) is 5.95.